The van der Waals surface area contributed by atoms with Gasteiger partial charge in [0.2, 0.25) is 5.88 Å². The maximum absolute atomic E-state index is 5.82. The Morgan fingerprint density at radius 3 is 2.44 bits per heavy atom. The Bertz CT molecular complexity index is 517. The van der Waals surface area contributed by atoms with Crippen molar-refractivity contribution in [3.05, 3.63) is 41.6 Å². The predicted octanol–water partition coefficient (Wildman–Crippen LogP) is 2.46. The predicted molar refractivity (Wildman–Crippen MR) is 72.1 cm³/mol. The van der Waals surface area contributed by atoms with E-state index in [1.165, 1.54) is 0 Å². The van der Waals surface area contributed by atoms with Gasteiger partial charge in [0.1, 0.15) is 0 Å². The molecule has 2 rings (SSSR count). The second-order valence-corrected chi connectivity index (χ2v) is 4.48. The van der Waals surface area contributed by atoms with Crippen molar-refractivity contribution in [3.63, 3.8) is 0 Å². The van der Waals surface area contributed by atoms with Crippen LogP contribution in [0.25, 0.3) is 5.69 Å². The maximum atomic E-state index is 5.82. The molecule has 4 heteroatoms. The third-order valence-electron chi connectivity index (χ3n) is 2.91. The zero-order valence-corrected chi connectivity index (χ0v) is 11.1. The van der Waals surface area contributed by atoms with Crippen LogP contribution in [0.2, 0.25) is 0 Å². The van der Waals surface area contributed by atoms with E-state index in [1.807, 2.05) is 35.0 Å². The first-order valence-corrected chi connectivity index (χ1v) is 6.10. The first kappa shape index (κ1) is 12.6. The quantitative estimate of drug-likeness (QED) is 0.900. The average Bonchev–Trinajstić information content (AvgIpc) is 2.78. The van der Waals surface area contributed by atoms with E-state index in [4.69, 9.17) is 10.5 Å². The van der Waals surface area contributed by atoms with Crippen molar-refractivity contribution in [3.8, 4) is 11.6 Å². The molecular formula is C14H19N3O. The molecule has 0 saturated heterocycles. The van der Waals surface area contributed by atoms with E-state index in [1.54, 1.807) is 7.11 Å². The van der Waals surface area contributed by atoms with Gasteiger partial charge in [-0.3, -0.25) is 0 Å². The molecule has 0 radical (unpaired) electrons. The number of aromatic nitrogens is 2. The third-order valence-corrected chi connectivity index (χ3v) is 2.91. The summed E-state index contributed by atoms with van der Waals surface area (Å²) >= 11 is 0. The molecule has 96 valence electrons. The van der Waals surface area contributed by atoms with Gasteiger partial charge in [-0.2, -0.15) is 5.10 Å². The lowest BCUT2D eigenvalue weighted by Gasteiger charge is -2.07. The van der Waals surface area contributed by atoms with Crippen LogP contribution in [0.1, 0.15) is 31.0 Å². The van der Waals surface area contributed by atoms with E-state index in [9.17, 15) is 0 Å². The SMILES string of the molecule is COc1c(CN)c(C(C)C)nn1-c1ccccc1. The zero-order valence-electron chi connectivity index (χ0n) is 11.1. The van der Waals surface area contributed by atoms with Gasteiger partial charge in [0.25, 0.3) is 0 Å². The second-order valence-electron chi connectivity index (χ2n) is 4.48. The number of para-hydroxylation sites is 1. The summed E-state index contributed by atoms with van der Waals surface area (Å²) in [7, 11) is 1.65. The standard InChI is InChI=1S/C14H19N3O/c1-10(2)13-12(9-15)14(18-3)17(16-13)11-7-5-4-6-8-11/h4-8,10H,9,15H2,1-3H3. The first-order chi connectivity index (χ1) is 8.69. The van der Waals surface area contributed by atoms with E-state index >= 15 is 0 Å². The molecule has 1 aromatic carbocycles. The zero-order chi connectivity index (χ0) is 13.1. The molecule has 2 aromatic rings. The van der Waals surface area contributed by atoms with E-state index < -0.39 is 0 Å². The Morgan fingerprint density at radius 2 is 1.94 bits per heavy atom. The van der Waals surface area contributed by atoms with Gasteiger partial charge in [0.05, 0.1) is 24.1 Å². The fourth-order valence-corrected chi connectivity index (χ4v) is 2.06. The van der Waals surface area contributed by atoms with Gasteiger partial charge in [0.15, 0.2) is 0 Å². The molecule has 0 spiro atoms. The van der Waals surface area contributed by atoms with Gasteiger partial charge in [-0.05, 0) is 18.1 Å². The molecule has 0 aliphatic rings. The summed E-state index contributed by atoms with van der Waals surface area (Å²) in [4.78, 5) is 0. The highest BCUT2D eigenvalue weighted by Gasteiger charge is 2.20. The molecule has 0 aliphatic heterocycles. The fourth-order valence-electron chi connectivity index (χ4n) is 2.06. The summed E-state index contributed by atoms with van der Waals surface area (Å²) < 4.78 is 7.29. The topological polar surface area (TPSA) is 53.1 Å². The van der Waals surface area contributed by atoms with Crippen molar-refractivity contribution >= 4 is 0 Å². The monoisotopic (exact) mass is 245 g/mol. The number of rotatable bonds is 4. The van der Waals surface area contributed by atoms with Crippen LogP contribution in [0.3, 0.4) is 0 Å². The number of methoxy groups -OCH3 is 1. The van der Waals surface area contributed by atoms with Gasteiger partial charge in [0, 0.05) is 6.54 Å². The Labute approximate surface area is 107 Å². The average molecular weight is 245 g/mol. The summed E-state index contributed by atoms with van der Waals surface area (Å²) in [5, 5.41) is 4.63. The van der Waals surface area contributed by atoms with Crippen molar-refractivity contribution in [2.45, 2.75) is 26.3 Å². The maximum Gasteiger partial charge on any atom is 0.221 e. The number of nitrogens with zero attached hydrogens (tertiary/aromatic N) is 2. The van der Waals surface area contributed by atoms with Crippen molar-refractivity contribution < 1.29 is 4.74 Å². The lowest BCUT2D eigenvalue weighted by Crippen LogP contribution is -2.03. The molecule has 0 amide bonds. The number of hydrogen-bond acceptors (Lipinski definition) is 3. The van der Waals surface area contributed by atoms with Crippen LogP contribution in [-0.2, 0) is 6.54 Å². The lowest BCUT2D eigenvalue weighted by atomic mass is 10.1. The molecule has 1 aromatic heterocycles. The molecule has 0 bridgehead atoms. The molecular weight excluding hydrogens is 226 g/mol. The van der Waals surface area contributed by atoms with E-state index in [0.29, 0.717) is 12.5 Å². The summed E-state index contributed by atoms with van der Waals surface area (Å²) in [5.74, 6) is 1.05. The first-order valence-electron chi connectivity index (χ1n) is 6.10. The van der Waals surface area contributed by atoms with Crippen LogP contribution >= 0.6 is 0 Å². The molecule has 4 nitrogen and oxygen atoms in total. The van der Waals surface area contributed by atoms with Gasteiger partial charge in [-0.15, -0.1) is 0 Å². The van der Waals surface area contributed by atoms with Crippen LogP contribution in [0, 0.1) is 0 Å². The molecule has 0 aliphatic carbocycles. The summed E-state index contributed by atoms with van der Waals surface area (Å²) in [5.41, 5.74) is 8.79. The Kier molecular flexibility index (Phi) is 3.67. The van der Waals surface area contributed by atoms with Gasteiger partial charge >= 0.3 is 0 Å². The van der Waals surface area contributed by atoms with Gasteiger partial charge in [-0.25, -0.2) is 4.68 Å². The highest BCUT2D eigenvalue weighted by molar-refractivity contribution is 5.42. The number of ether oxygens (including phenoxy) is 1. The van der Waals surface area contributed by atoms with E-state index in [2.05, 4.69) is 18.9 Å². The summed E-state index contributed by atoms with van der Waals surface area (Å²) in [6.45, 7) is 4.65. The molecule has 0 fully saturated rings. The minimum absolute atomic E-state index is 0.322. The number of hydrogen-bond donors (Lipinski definition) is 1. The minimum atomic E-state index is 0.322. The molecule has 0 unspecified atom stereocenters. The molecule has 18 heavy (non-hydrogen) atoms. The van der Waals surface area contributed by atoms with Crippen molar-refractivity contribution in [2.75, 3.05) is 7.11 Å². The Morgan fingerprint density at radius 1 is 1.28 bits per heavy atom. The smallest absolute Gasteiger partial charge is 0.221 e. The molecule has 1 heterocycles. The van der Waals surface area contributed by atoms with Crippen LogP contribution in [0.15, 0.2) is 30.3 Å². The fraction of sp³-hybridized carbons (Fsp3) is 0.357. The van der Waals surface area contributed by atoms with Crippen molar-refractivity contribution in [1.82, 2.24) is 9.78 Å². The van der Waals surface area contributed by atoms with Crippen molar-refractivity contribution in [2.24, 2.45) is 5.73 Å². The Hall–Kier alpha value is -1.81. The van der Waals surface area contributed by atoms with E-state index in [-0.39, 0.29) is 0 Å². The van der Waals surface area contributed by atoms with Crippen molar-refractivity contribution in [1.29, 1.82) is 0 Å². The van der Waals surface area contributed by atoms with Crippen LogP contribution in [-0.4, -0.2) is 16.9 Å². The second kappa shape index (κ2) is 5.23. The van der Waals surface area contributed by atoms with Gasteiger partial charge < -0.3 is 10.5 Å². The minimum Gasteiger partial charge on any atom is -0.481 e. The highest BCUT2D eigenvalue weighted by Crippen LogP contribution is 2.29. The van der Waals surface area contributed by atoms with E-state index in [0.717, 1.165) is 22.8 Å². The molecule has 0 atom stereocenters. The van der Waals surface area contributed by atoms with Crippen LogP contribution < -0.4 is 10.5 Å². The summed E-state index contributed by atoms with van der Waals surface area (Å²) in [6.07, 6.45) is 0. The molecule has 2 N–H and O–H groups in total. The van der Waals surface area contributed by atoms with Gasteiger partial charge in [-0.1, -0.05) is 32.0 Å². The Balaban J connectivity index is 2.61. The largest absolute Gasteiger partial charge is 0.481 e. The lowest BCUT2D eigenvalue weighted by molar-refractivity contribution is 0.379. The summed E-state index contributed by atoms with van der Waals surface area (Å²) in [6, 6.07) is 9.94. The molecule has 0 saturated carbocycles. The van der Waals surface area contributed by atoms with Crippen LogP contribution in [0.5, 0.6) is 5.88 Å². The van der Waals surface area contributed by atoms with Crippen LogP contribution in [0.4, 0.5) is 0 Å². The highest BCUT2D eigenvalue weighted by atomic mass is 16.5. The number of nitrogens with two attached hydrogens (primary N) is 1. The third kappa shape index (κ3) is 2.11. The normalized spacial score (nSPS) is 10.9. The number of benzene rings is 1.